The van der Waals surface area contributed by atoms with E-state index >= 15 is 0 Å². The maximum absolute atomic E-state index is 12.7. The van der Waals surface area contributed by atoms with Crippen LogP contribution in [0.5, 0.6) is 11.5 Å². The highest BCUT2D eigenvalue weighted by Gasteiger charge is 2.39. The number of carbonyl (C=O) groups is 3. The van der Waals surface area contributed by atoms with Gasteiger partial charge in [-0.2, -0.15) is 0 Å². The maximum Gasteiger partial charge on any atom is 0.325 e. The van der Waals surface area contributed by atoms with Crippen LogP contribution < -0.4 is 20.1 Å². The van der Waals surface area contributed by atoms with Gasteiger partial charge >= 0.3 is 6.03 Å². The van der Waals surface area contributed by atoms with Crippen molar-refractivity contribution < 1.29 is 23.9 Å². The zero-order valence-corrected chi connectivity index (χ0v) is 17.0. The zero-order valence-electron chi connectivity index (χ0n) is 17.0. The minimum absolute atomic E-state index is 0.0382. The van der Waals surface area contributed by atoms with Gasteiger partial charge in [0.15, 0.2) is 11.5 Å². The summed E-state index contributed by atoms with van der Waals surface area (Å²) in [5.74, 6) is 0.516. The monoisotopic (exact) mass is 403 g/mol. The van der Waals surface area contributed by atoms with Crippen LogP contribution in [0.1, 0.15) is 50.5 Å². The lowest BCUT2D eigenvalue weighted by Crippen LogP contribution is -2.40. The van der Waals surface area contributed by atoms with Crippen LogP contribution in [-0.4, -0.2) is 49.0 Å². The van der Waals surface area contributed by atoms with Crippen LogP contribution in [-0.2, 0) is 16.1 Å². The Balaban J connectivity index is 1.58. The topological polar surface area (TPSA) is 97.0 Å². The first-order chi connectivity index (χ1) is 14.0. The molecule has 1 aromatic rings. The number of imide groups is 1. The molecule has 1 aliphatic heterocycles. The summed E-state index contributed by atoms with van der Waals surface area (Å²) in [7, 11) is 3.07. The van der Waals surface area contributed by atoms with Gasteiger partial charge < -0.3 is 20.1 Å². The standard InChI is InChI=1S/C21H29N3O5/c1-28-17-10-9-14(11-18(17)29-2)13-24-20(26)16(23-21(24)27)12-19(25)22-15-7-5-3-4-6-8-15/h9-11,15-16H,3-8,12-13H2,1-2H3,(H,22,25)(H,23,27)/t16-/m0/s1. The number of nitrogens with zero attached hydrogens (tertiary/aromatic N) is 1. The molecule has 1 saturated carbocycles. The van der Waals surface area contributed by atoms with Gasteiger partial charge in [0.1, 0.15) is 6.04 Å². The van der Waals surface area contributed by atoms with Crippen molar-refractivity contribution in [1.82, 2.24) is 15.5 Å². The Morgan fingerprint density at radius 1 is 1.10 bits per heavy atom. The maximum atomic E-state index is 12.7. The number of nitrogens with one attached hydrogen (secondary N) is 2. The second-order valence-corrected chi connectivity index (χ2v) is 7.58. The number of amides is 4. The molecule has 2 N–H and O–H groups in total. The highest BCUT2D eigenvalue weighted by Crippen LogP contribution is 2.28. The first-order valence-electron chi connectivity index (χ1n) is 10.1. The van der Waals surface area contributed by atoms with Gasteiger partial charge in [-0.25, -0.2) is 4.79 Å². The van der Waals surface area contributed by atoms with Crippen molar-refractivity contribution in [2.75, 3.05) is 14.2 Å². The number of rotatable bonds is 7. The number of hydrogen-bond acceptors (Lipinski definition) is 5. The summed E-state index contributed by atoms with van der Waals surface area (Å²) in [5, 5.41) is 5.65. The first-order valence-corrected chi connectivity index (χ1v) is 10.1. The molecule has 1 aromatic carbocycles. The summed E-state index contributed by atoms with van der Waals surface area (Å²) in [6, 6.07) is 4.08. The minimum atomic E-state index is -0.826. The normalized spacial score (nSPS) is 20.2. The molecule has 4 amide bonds. The summed E-state index contributed by atoms with van der Waals surface area (Å²) in [5.41, 5.74) is 0.731. The van der Waals surface area contributed by atoms with Crippen molar-refractivity contribution >= 4 is 17.8 Å². The summed E-state index contributed by atoms with van der Waals surface area (Å²) in [6.07, 6.45) is 6.55. The quantitative estimate of drug-likeness (QED) is 0.538. The molecule has 0 unspecified atom stereocenters. The van der Waals surface area contributed by atoms with Crippen LogP contribution >= 0.6 is 0 Å². The molecular weight excluding hydrogens is 374 g/mol. The summed E-state index contributed by atoms with van der Waals surface area (Å²) < 4.78 is 10.5. The third-order valence-electron chi connectivity index (χ3n) is 5.51. The molecule has 1 atom stereocenters. The van der Waals surface area contributed by atoms with E-state index in [1.807, 2.05) is 0 Å². The second-order valence-electron chi connectivity index (χ2n) is 7.58. The molecule has 0 radical (unpaired) electrons. The van der Waals surface area contributed by atoms with Crippen molar-refractivity contribution in [3.8, 4) is 11.5 Å². The lowest BCUT2D eigenvalue weighted by molar-refractivity contribution is -0.131. The smallest absolute Gasteiger partial charge is 0.325 e. The molecule has 1 heterocycles. The predicted molar refractivity (Wildman–Crippen MR) is 107 cm³/mol. The van der Waals surface area contributed by atoms with E-state index in [1.165, 1.54) is 20.0 Å². The fraction of sp³-hybridized carbons (Fsp3) is 0.571. The van der Waals surface area contributed by atoms with Gasteiger partial charge in [-0.05, 0) is 30.5 Å². The van der Waals surface area contributed by atoms with E-state index in [0.717, 1.165) is 36.1 Å². The molecular formula is C21H29N3O5. The molecule has 158 valence electrons. The summed E-state index contributed by atoms with van der Waals surface area (Å²) >= 11 is 0. The number of carbonyl (C=O) groups excluding carboxylic acids is 3. The molecule has 8 heteroatoms. The van der Waals surface area contributed by atoms with Crippen molar-refractivity contribution in [3.05, 3.63) is 23.8 Å². The molecule has 2 aliphatic rings. The van der Waals surface area contributed by atoms with Crippen LogP contribution in [0.4, 0.5) is 4.79 Å². The van der Waals surface area contributed by atoms with Gasteiger partial charge in [0.2, 0.25) is 5.91 Å². The van der Waals surface area contributed by atoms with E-state index in [9.17, 15) is 14.4 Å². The lowest BCUT2D eigenvalue weighted by Gasteiger charge is -2.17. The van der Waals surface area contributed by atoms with Crippen LogP contribution in [0.3, 0.4) is 0 Å². The lowest BCUT2D eigenvalue weighted by atomic mass is 10.1. The largest absolute Gasteiger partial charge is 0.493 e. The zero-order chi connectivity index (χ0) is 20.8. The number of ether oxygens (including phenoxy) is 2. The number of hydrogen-bond donors (Lipinski definition) is 2. The first kappa shape index (κ1) is 21.0. The number of methoxy groups -OCH3 is 2. The summed E-state index contributed by atoms with van der Waals surface area (Å²) in [4.78, 5) is 38.5. The van der Waals surface area contributed by atoms with E-state index in [1.54, 1.807) is 25.3 Å². The van der Waals surface area contributed by atoms with E-state index in [2.05, 4.69) is 10.6 Å². The van der Waals surface area contributed by atoms with Gasteiger partial charge in [-0.1, -0.05) is 31.7 Å². The Labute approximate surface area is 170 Å². The van der Waals surface area contributed by atoms with Crippen molar-refractivity contribution in [2.45, 2.75) is 63.6 Å². The molecule has 0 spiro atoms. The van der Waals surface area contributed by atoms with E-state index in [0.29, 0.717) is 11.5 Å². The molecule has 3 rings (SSSR count). The minimum Gasteiger partial charge on any atom is -0.493 e. The van der Waals surface area contributed by atoms with E-state index in [-0.39, 0.29) is 30.8 Å². The van der Waals surface area contributed by atoms with Gasteiger partial charge in [-0.15, -0.1) is 0 Å². The predicted octanol–water partition coefficient (Wildman–Crippen LogP) is 2.35. The van der Waals surface area contributed by atoms with Gasteiger partial charge in [0, 0.05) is 6.04 Å². The van der Waals surface area contributed by atoms with Crippen LogP contribution in [0.2, 0.25) is 0 Å². The average Bonchev–Trinajstić information content (AvgIpc) is 2.89. The third-order valence-corrected chi connectivity index (χ3v) is 5.51. The summed E-state index contributed by atoms with van der Waals surface area (Å²) in [6.45, 7) is 0.103. The Morgan fingerprint density at radius 2 is 1.79 bits per heavy atom. The Bertz CT molecular complexity index is 759. The highest BCUT2D eigenvalue weighted by atomic mass is 16.5. The molecule has 0 aromatic heterocycles. The van der Waals surface area contributed by atoms with Gasteiger partial charge in [-0.3, -0.25) is 14.5 Å². The van der Waals surface area contributed by atoms with Crippen LogP contribution in [0.25, 0.3) is 0 Å². The molecule has 0 bridgehead atoms. The fourth-order valence-electron chi connectivity index (χ4n) is 3.92. The Morgan fingerprint density at radius 3 is 2.45 bits per heavy atom. The number of urea groups is 1. The van der Waals surface area contributed by atoms with Crippen molar-refractivity contribution in [2.24, 2.45) is 0 Å². The number of benzene rings is 1. The van der Waals surface area contributed by atoms with Crippen LogP contribution in [0.15, 0.2) is 18.2 Å². The average molecular weight is 403 g/mol. The van der Waals surface area contributed by atoms with Gasteiger partial charge in [0.25, 0.3) is 5.91 Å². The molecule has 1 saturated heterocycles. The Kier molecular flexibility index (Phi) is 6.95. The van der Waals surface area contributed by atoms with Crippen molar-refractivity contribution in [3.63, 3.8) is 0 Å². The SMILES string of the molecule is COc1ccc(CN2C(=O)N[C@@H](CC(=O)NC3CCCCCC3)C2=O)cc1OC. The van der Waals surface area contributed by atoms with Gasteiger partial charge in [0.05, 0.1) is 27.2 Å². The molecule has 1 aliphatic carbocycles. The van der Waals surface area contributed by atoms with E-state index in [4.69, 9.17) is 9.47 Å². The molecule has 8 nitrogen and oxygen atoms in total. The highest BCUT2D eigenvalue weighted by molar-refractivity contribution is 6.05. The van der Waals surface area contributed by atoms with E-state index < -0.39 is 12.1 Å². The van der Waals surface area contributed by atoms with Crippen molar-refractivity contribution in [1.29, 1.82) is 0 Å². The van der Waals surface area contributed by atoms with Crippen LogP contribution in [0, 0.1) is 0 Å². The second kappa shape index (κ2) is 9.62. The third kappa shape index (κ3) is 5.19. The fourth-order valence-corrected chi connectivity index (χ4v) is 3.92. The molecule has 29 heavy (non-hydrogen) atoms. The molecule has 2 fully saturated rings. The Hall–Kier alpha value is -2.77.